The summed E-state index contributed by atoms with van der Waals surface area (Å²) < 4.78 is 4.93. The van der Waals surface area contributed by atoms with Crippen molar-refractivity contribution >= 4 is 28.1 Å². The Morgan fingerprint density at radius 2 is 1.82 bits per heavy atom. The van der Waals surface area contributed by atoms with Crippen molar-refractivity contribution in [2.24, 2.45) is 0 Å². The largest absolute Gasteiger partial charge is 0.372 e. The number of nitro benzene ring substituents is 1. The molecule has 1 aliphatic rings. The highest BCUT2D eigenvalue weighted by atomic mass is 16.6. The number of nitro groups is 1. The minimum Gasteiger partial charge on any atom is -0.372 e. The quantitative estimate of drug-likeness (QED) is 0.471. The Morgan fingerprint density at radius 3 is 2.46 bits per heavy atom. The van der Waals surface area contributed by atoms with Crippen LogP contribution in [0.25, 0.3) is 11.0 Å². The summed E-state index contributed by atoms with van der Waals surface area (Å²) >= 11 is 0. The van der Waals surface area contributed by atoms with Crippen molar-refractivity contribution in [3.8, 4) is 0 Å². The normalized spacial score (nSPS) is 14.5. The Hall–Kier alpha value is -3.23. The summed E-state index contributed by atoms with van der Waals surface area (Å²) in [5.74, 6) is 0. The van der Waals surface area contributed by atoms with Gasteiger partial charge in [-0.25, -0.2) is 4.63 Å². The Labute approximate surface area is 162 Å². The molecule has 4 rings (SSSR count). The summed E-state index contributed by atoms with van der Waals surface area (Å²) in [5, 5.41) is 19.6. The van der Waals surface area contributed by atoms with Crippen LogP contribution in [0.5, 0.6) is 0 Å². The van der Waals surface area contributed by atoms with Gasteiger partial charge in [-0.1, -0.05) is 12.8 Å². The monoisotopic (exact) mass is 382 g/mol. The molecule has 0 atom stereocenters. The number of hydrogen-bond acceptors (Lipinski definition) is 8. The summed E-state index contributed by atoms with van der Waals surface area (Å²) in [4.78, 5) is 19.4. The fraction of sp³-hybridized carbons (Fsp3) is 0.421. The van der Waals surface area contributed by atoms with Gasteiger partial charge >= 0.3 is 5.69 Å². The molecule has 146 valence electrons. The molecule has 9 heteroatoms. The molecule has 1 aromatic carbocycles. The topological polar surface area (TPSA) is 101 Å². The summed E-state index contributed by atoms with van der Waals surface area (Å²) in [5.41, 5.74) is 2.95. The molecule has 0 saturated heterocycles. The van der Waals surface area contributed by atoms with Crippen LogP contribution in [0.15, 0.2) is 35.2 Å². The van der Waals surface area contributed by atoms with Crippen molar-refractivity contribution in [1.82, 2.24) is 15.3 Å². The van der Waals surface area contributed by atoms with Gasteiger partial charge in [0.25, 0.3) is 0 Å². The minimum absolute atomic E-state index is 0.0831. The van der Waals surface area contributed by atoms with Crippen LogP contribution in [-0.4, -0.2) is 40.4 Å². The zero-order valence-corrected chi connectivity index (χ0v) is 15.9. The van der Waals surface area contributed by atoms with Crippen LogP contribution in [0.2, 0.25) is 0 Å². The van der Waals surface area contributed by atoms with Crippen molar-refractivity contribution < 1.29 is 9.55 Å². The second kappa shape index (κ2) is 7.41. The second-order valence-corrected chi connectivity index (χ2v) is 7.30. The fourth-order valence-electron chi connectivity index (χ4n) is 3.95. The van der Waals surface area contributed by atoms with E-state index >= 15 is 0 Å². The van der Waals surface area contributed by atoms with E-state index in [1.54, 1.807) is 31.4 Å². The first kappa shape index (κ1) is 18.1. The van der Waals surface area contributed by atoms with Crippen molar-refractivity contribution in [2.75, 3.05) is 23.9 Å². The Morgan fingerprint density at radius 1 is 1.14 bits per heavy atom. The molecular weight excluding hydrogens is 360 g/mol. The lowest BCUT2D eigenvalue weighted by Crippen LogP contribution is -2.33. The number of fused-ring (bicyclic) bond motifs is 1. The maximum atomic E-state index is 11.7. The molecule has 0 radical (unpaired) electrons. The smallest absolute Gasteiger partial charge is 0.323 e. The van der Waals surface area contributed by atoms with E-state index in [-0.39, 0.29) is 11.2 Å². The van der Waals surface area contributed by atoms with Gasteiger partial charge in [-0.2, -0.15) is 0 Å². The van der Waals surface area contributed by atoms with Crippen molar-refractivity contribution in [3.05, 3.63) is 46.3 Å². The molecule has 0 unspecified atom stereocenters. The molecule has 28 heavy (non-hydrogen) atoms. The molecular formula is C19H22N6O3. The van der Waals surface area contributed by atoms with E-state index in [2.05, 4.69) is 20.2 Å². The Balaban J connectivity index is 1.89. The van der Waals surface area contributed by atoms with Gasteiger partial charge in [0.05, 0.1) is 10.6 Å². The van der Waals surface area contributed by atoms with Crippen LogP contribution in [0.4, 0.5) is 17.1 Å². The molecule has 0 amide bonds. The molecule has 2 aromatic heterocycles. The van der Waals surface area contributed by atoms with E-state index in [0.29, 0.717) is 23.8 Å². The van der Waals surface area contributed by atoms with Crippen molar-refractivity contribution in [2.45, 2.75) is 38.3 Å². The third-order valence-corrected chi connectivity index (χ3v) is 5.31. The van der Waals surface area contributed by atoms with Gasteiger partial charge in [-0.3, -0.25) is 15.1 Å². The number of aromatic nitrogens is 3. The first-order valence-electron chi connectivity index (χ1n) is 9.32. The standard InChI is InChI=1S/C19H22N6O3/c1-23(2)16-11-15(17-18(22-28-21-17)19(16)25(26)27)24(14-5-3-4-6-14)12-13-7-9-20-10-8-13/h7-11,14H,3-6,12H2,1-2H3. The number of rotatable bonds is 6. The predicted molar refractivity (Wildman–Crippen MR) is 105 cm³/mol. The number of anilines is 2. The molecule has 0 aliphatic heterocycles. The van der Waals surface area contributed by atoms with Crippen molar-refractivity contribution in [1.29, 1.82) is 0 Å². The van der Waals surface area contributed by atoms with Crippen LogP contribution in [0.3, 0.4) is 0 Å². The predicted octanol–water partition coefficient (Wildman–Crippen LogP) is 3.54. The van der Waals surface area contributed by atoms with E-state index in [9.17, 15) is 10.1 Å². The van der Waals surface area contributed by atoms with Crippen LogP contribution in [-0.2, 0) is 6.54 Å². The SMILES string of the molecule is CN(C)c1cc(N(Cc2ccncc2)C2CCCC2)c2nonc2c1[N+](=O)[O-]. The highest BCUT2D eigenvalue weighted by Crippen LogP contribution is 2.42. The summed E-state index contributed by atoms with van der Waals surface area (Å²) in [6, 6.07) is 6.14. The van der Waals surface area contributed by atoms with Crippen LogP contribution in [0, 0.1) is 10.1 Å². The number of benzene rings is 1. The third kappa shape index (κ3) is 3.23. The van der Waals surface area contributed by atoms with Crippen LogP contribution in [0.1, 0.15) is 31.2 Å². The summed E-state index contributed by atoms with van der Waals surface area (Å²) in [7, 11) is 3.57. The van der Waals surface area contributed by atoms with Gasteiger partial charge in [0.1, 0.15) is 5.69 Å². The van der Waals surface area contributed by atoms with Crippen LogP contribution >= 0.6 is 0 Å². The fourth-order valence-corrected chi connectivity index (χ4v) is 3.95. The molecule has 0 N–H and O–H groups in total. The highest BCUT2D eigenvalue weighted by molar-refractivity contribution is 6.00. The highest BCUT2D eigenvalue weighted by Gasteiger charge is 2.31. The molecule has 1 aliphatic carbocycles. The minimum atomic E-state index is -0.422. The van der Waals surface area contributed by atoms with E-state index in [0.717, 1.165) is 24.1 Å². The maximum Gasteiger partial charge on any atom is 0.323 e. The molecule has 2 heterocycles. The first-order valence-corrected chi connectivity index (χ1v) is 9.32. The van der Waals surface area contributed by atoms with E-state index < -0.39 is 4.92 Å². The van der Waals surface area contributed by atoms with E-state index in [1.807, 2.05) is 18.2 Å². The van der Waals surface area contributed by atoms with Crippen molar-refractivity contribution in [3.63, 3.8) is 0 Å². The molecule has 1 saturated carbocycles. The molecule has 9 nitrogen and oxygen atoms in total. The number of hydrogen-bond donors (Lipinski definition) is 0. The van der Waals surface area contributed by atoms with Gasteiger partial charge in [0.2, 0.25) is 5.52 Å². The Bertz CT molecular complexity index is 982. The first-order chi connectivity index (χ1) is 13.6. The second-order valence-electron chi connectivity index (χ2n) is 7.30. The van der Waals surface area contributed by atoms with Gasteiger partial charge in [0, 0.05) is 39.1 Å². The van der Waals surface area contributed by atoms with Gasteiger partial charge < -0.3 is 9.80 Å². The molecule has 0 spiro atoms. The lowest BCUT2D eigenvalue weighted by Gasteiger charge is -2.32. The lowest BCUT2D eigenvalue weighted by atomic mass is 10.1. The molecule has 1 fully saturated rings. The van der Waals surface area contributed by atoms with E-state index in [4.69, 9.17) is 4.63 Å². The lowest BCUT2D eigenvalue weighted by molar-refractivity contribution is -0.382. The number of nitrogens with zero attached hydrogens (tertiary/aromatic N) is 6. The van der Waals surface area contributed by atoms with E-state index in [1.165, 1.54) is 12.8 Å². The van der Waals surface area contributed by atoms with Gasteiger partial charge in [-0.15, -0.1) is 0 Å². The zero-order valence-electron chi connectivity index (χ0n) is 15.9. The summed E-state index contributed by atoms with van der Waals surface area (Å²) in [6.07, 6.45) is 8.04. The molecule has 3 aromatic rings. The van der Waals surface area contributed by atoms with Gasteiger partial charge in [-0.05, 0) is 46.9 Å². The zero-order chi connectivity index (χ0) is 19.7. The van der Waals surface area contributed by atoms with Crippen LogP contribution < -0.4 is 9.80 Å². The Kier molecular flexibility index (Phi) is 4.81. The number of pyridine rings is 1. The maximum absolute atomic E-state index is 11.7. The third-order valence-electron chi connectivity index (χ3n) is 5.31. The van der Waals surface area contributed by atoms with Gasteiger partial charge in [0.15, 0.2) is 5.52 Å². The average Bonchev–Trinajstić information content (AvgIpc) is 3.37. The summed E-state index contributed by atoms with van der Waals surface area (Å²) in [6.45, 7) is 0.666. The average molecular weight is 382 g/mol. The molecule has 0 bridgehead atoms.